The van der Waals surface area contributed by atoms with Crippen molar-refractivity contribution >= 4 is 27.6 Å². The summed E-state index contributed by atoms with van der Waals surface area (Å²) < 4.78 is 45.1. The monoisotopic (exact) mass is 383 g/mol. The minimum Gasteiger partial charge on any atom is -0.506 e. The largest absolute Gasteiger partial charge is 0.506 e. The molecule has 1 aromatic heterocycles. The maximum atomic E-state index is 14.4. The lowest BCUT2D eigenvalue weighted by atomic mass is 10.1. The van der Waals surface area contributed by atoms with E-state index in [1.165, 1.54) is 25.6 Å². The van der Waals surface area contributed by atoms with Crippen LogP contribution in [-0.4, -0.2) is 43.1 Å². The molecule has 0 atom stereocenters. The van der Waals surface area contributed by atoms with Crippen molar-refractivity contribution in [2.45, 2.75) is 6.54 Å². The van der Waals surface area contributed by atoms with E-state index in [9.17, 15) is 22.7 Å². The van der Waals surface area contributed by atoms with Gasteiger partial charge in [0.15, 0.2) is 5.82 Å². The molecule has 0 saturated carbocycles. The summed E-state index contributed by atoms with van der Waals surface area (Å²) in [6, 6.07) is 2.24. The number of nitrogens with zero attached hydrogens (tertiary/aromatic N) is 3. The number of ether oxygens (including phenoxy) is 1. The topological polar surface area (TPSA) is 134 Å². The van der Waals surface area contributed by atoms with Gasteiger partial charge in [-0.15, -0.1) is 0 Å². The van der Waals surface area contributed by atoms with Gasteiger partial charge in [0.1, 0.15) is 23.8 Å². The summed E-state index contributed by atoms with van der Waals surface area (Å²) in [7, 11) is -2.79. The Labute approximate surface area is 147 Å². The van der Waals surface area contributed by atoms with E-state index in [0.717, 1.165) is 6.07 Å². The van der Waals surface area contributed by atoms with Gasteiger partial charge in [-0.25, -0.2) is 13.4 Å². The second-order valence-electron chi connectivity index (χ2n) is 5.28. The van der Waals surface area contributed by atoms with Crippen molar-refractivity contribution in [1.29, 1.82) is 0 Å². The average molecular weight is 383 g/mol. The maximum Gasteiger partial charge on any atom is 0.326 e. The Bertz CT molecular complexity index is 945. The van der Waals surface area contributed by atoms with E-state index in [1.54, 1.807) is 4.72 Å². The molecule has 1 saturated heterocycles. The molecule has 1 aromatic carbocycles. The van der Waals surface area contributed by atoms with Crippen LogP contribution in [0, 0.1) is 5.82 Å². The van der Waals surface area contributed by atoms with E-state index < -0.39 is 39.9 Å². The summed E-state index contributed by atoms with van der Waals surface area (Å²) in [5, 5.41) is 12.9. The van der Waals surface area contributed by atoms with Crippen LogP contribution in [0.1, 0.15) is 5.56 Å². The second-order valence-corrected chi connectivity index (χ2v) is 6.88. The zero-order chi connectivity index (χ0) is 18.9. The predicted octanol–water partition coefficient (Wildman–Crippen LogP) is 0.123. The standard InChI is InChI=1S/C14H14FN5O5S/c1-25-13-6-16-5-11(18-13)17-4-8-2-9(15)14(10(21)3-8)20-7-12(22)19-26(20,23)24/h2-3,5-6,21H,4,7H2,1H3,(H,17,18)(H,19,22). The van der Waals surface area contributed by atoms with Crippen LogP contribution in [0.5, 0.6) is 11.6 Å². The van der Waals surface area contributed by atoms with Crippen molar-refractivity contribution in [3.63, 3.8) is 0 Å². The van der Waals surface area contributed by atoms with Crippen LogP contribution in [-0.2, 0) is 21.5 Å². The molecule has 3 rings (SSSR count). The number of rotatable bonds is 5. The third kappa shape index (κ3) is 3.44. The first kappa shape index (κ1) is 17.7. The van der Waals surface area contributed by atoms with Crippen LogP contribution in [0.2, 0.25) is 0 Å². The lowest BCUT2D eigenvalue weighted by Crippen LogP contribution is -2.30. The summed E-state index contributed by atoms with van der Waals surface area (Å²) in [6.07, 6.45) is 2.85. The van der Waals surface area contributed by atoms with Crippen LogP contribution < -0.4 is 19.1 Å². The summed E-state index contributed by atoms with van der Waals surface area (Å²) in [5.74, 6) is -1.76. The number of methoxy groups -OCH3 is 1. The average Bonchev–Trinajstić information content (AvgIpc) is 2.85. The molecule has 12 heteroatoms. The molecule has 138 valence electrons. The van der Waals surface area contributed by atoms with E-state index in [-0.39, 0.29) is 12.4 Å². The molecule has 0 aliphatic carbocycles. The molecule has 2 aromatic rings. The quantitative estimate of drug-likeness (QED) is 0.663. The number of hydrogen-bond acceptors (Lipinski definition) is 8. The normalized spacial score (nSPS) is 15.6. The molecular weight excluding hydrogens is 369 g/mol. The summed E-state index contributed by atoms with van der Waals surface area (Å²) in [6.45, 7) is -0.527. The molecule has 1 fully saturated rings. The highest BCUT2D eigenvalue weighted by molar-refractivity contribution is 7.92. The Kier molecular flexibility index (Phi) is 4.50. The first-order chi connectivity index (χ1) is 12.3. The molecule has 2 heterocycles. The van der Waals surface area contributed by atoms with Crippen molar-refractivity contribution < 1.29 is 27.4 Å². The Morgan fingerprint density at radius 2 is 2.19 bits per heavy atom. The molecule has 3 N–H and O–H groups in total. The smallest absolute Gasteiger partial charge is 0.326 e. The van der Waals surface area contributed by atoms with E-state index in [2.05, 4.69) is 15.3 Å². The number of carbonyl (C=O) groups is 1. The molecule has 0 radical (unpaired) electrons. The Balaban J connectivity index is 1.82. The Morgan fingerprint density at radius 1 is 1.42 bits per heavy atom. The van der Waals surface area contributed by atoms with Crippen LogP contribution in [0.4, 0.5) is 15.9 Å². The van der Waals surface area contributed by atoms with E-state index in [0.29, 0.717) is 15.7 Å². The van der Waals surface area contributed by atoms with Gasteiger partial charge in [0, 0.05) is 6.54 Å². The van der Waals surface area contributed by atoms with Crippen molar-refractivity contribution in [3.8, 4) is 11.6 Å². The van der Waals surface area contributed by atoms with Crippen molar-refractivity contribution in [2.24, 2.45) is 0 Å². The molecule has 1 aliphatic rings. The number of halogens is 1. The highest BCUT2D eigenvalue weighted by atomic mass is 32.2. The molecule has 1 amide bonds. The van der Waals surface area contributed by atoms with Gasteiger partial charge in [-0.2, -0.15) is 13.4 Å². The third-order valence-electron chi connectivity index (χ3n) is 3.47. The van der Waals surface area contributed by atoms with E-state index >= 15 is 0 Å². The molecular formula is C14H14FN5O5S. The van der Waals surface area contributed by atoms with Crippen LogP contribution >= 0.6 is 0 Å². The fraction of sp³-hybridized carbons (Fsp3) is 0.214. The van der Waals surface area contributed by atoms with Crippen LogP contribution in [0.15, 0.2) is 24.5 Å². The van der Waals surface area contributed by atoms with Gasteiger partial charge >= 0.3 is 10.2 Å². The third-order valence-corrected chi connectivity index (χ3v) is 4.85. The number of hydrogen-bond donors (Lipinski definition) is 3. The zero-order valence-corrected chi connectivity index (χ0v) is 14.2. The minimum absolute atomic E-state index is 0.0799. The van der Waals surface area contributed by atoms with Crippen LogP contribution in [0.3, 0.4) is 0 Å². The van der Waals surface area contributed by atoms with Crippen LogP contribution in [0.25, 0.3) is 0 Å². The molecule has 0 bridgehead atoms. The number of phenols is 1. The van der Waals surface area contributed by atoms with Gasteiger partial charge < -0.3 is 15.2 Å². The summed E-state index contributed by atoms with van der Waals surface area (Å²) >= 11 is 0. The minimum atomic E-state index is -4.22. The molecule has 10 nitrogen and oxygen atoms in total. The number of benzene rings is 1. The van der Waals surface area contributed by atoms with Gasteiger partial charge in [0.05, 0.1) is 19.5 Å². The number of nitrogens with one attached hydrogen (secondary N) is 2. The predicted molar refractivity (Wildman–Crippen MR) is 88.4 cm³/mol. The SMILES string of the molecule is COc1cncc(NCc2cc(O)c(N3CC(=O)NS3(=O)=O)c(F)c2)n1. The van der Waals surface area contributed by atoms with Gasteiger partial charge in [-0.05, 0) is 17.7 Å². The summed E-state index contributed by atoms with van der Waals surface area (Å²) in [5.41, 5.74) is -0.266. The second kappa shape index (κ2) is 6.63. The number of aromatic nitrogens is 2. The summed E-state index contributed by atoms with van der Waals surface area (Å²) in [4.78, 5) is 19.3. The fourth-order valence-corrected chi connectivity index (χ4v) is 3.53. The number of aromatic hydroxyl groups is 1. The molecule has 1 aliphatic heterocycles. The van der Waals surface area contributed by atoms with Gasteiger partial charge in [-0.1, -0.05) is 0 Å². The lowest BCUT2D eigenvalue weighted by molar-refractivity contribution is -0.117. The first-order valence-corrected chi connectivity index (χ1v) is 8.69. The number of carbonyl (C=O) groups excluding carboxylic acids is 1. The lowest BCUT2D eigenvalue weighted by Gasteiger charge is -2.18. The van der Waals surface area contributed by atoms with Gasteiger partial charge in [0.2, 0.25) is 5.88 Å². The van der Waals surface area contributed by atoms with E-state index in [1.807, 2.05) is 0 Å². The van der Waals surface area contributed by atoms with E-state index in [4.69, 9.17) is 4.74 Å². The Morgan fingerprint density at radius 3 is 2.81 bits per heavy atom. The Hall–Kier alpha value is -3.15. The van der Waals surface area contributed by atoms with Crippen molar-refractivity contribution in [2.75, 3.05) is 23.3 Å². The zero-order valence-electron chi connectivity index (χ0n) is 13.4. The molecule has 0 spiro atoms. The fourth-order valence-electron chi connectivity index (χ4n) is 2.36. The molecule has 0 unspecified atom stereocenters. The number of amides is 1. The van der Waals surface area contributed by atoms with Gasteiger partial charge in [0.25, 0.3) is 5.91 Å². The first-order valence-electron chi connectivity index (χ1n) is 7.25. The molecule has 26 heavy (non-hydrogen) atoms. The van der Waals surface area contributed by atoms with Crippen molar-refractivity contribution in [1.82, 2.24) is 14.7 Å². The highest BCUT2D eigenvalue weighted by Crippen LogP contribution is 2.34. The number of phenolic OH excluding ortho intramolecular Hbond substituents is 1. The van der Waals surface area contributed by atoms with Gasteiger partial charge in [-0.3, -0.25) is 9.78 Å². The number of anilines is 2. The highest BCUT2D eigenvalue weighted by Gasteiger charge is 2.37. The van der Waals surface area contributed by atoms with Crippen molar-refractivity contribution in [3.05, 3.63) is 35.9 Å². The maximum absolute atomic E-state index is 14.4.